The number of ether oxygens (including phenoxy) is 1. The zero-order chi connectivity index (χ0) is 21.1. The molecule has 1 heterocycles. The van der Waals surface area contributed by atoms with Crippen molar-refractivity contribution in [2.75, 3.05) is 33.3 Å². The average Bonchev–Trinajstić information content (AvgIpc) is 2.72. The minimum atomic E-state index is -3.58. The van der Waals surface area contributed by atoms with Crippen LogP contribution in [0.5, 0.6) is 5.75 Å². The van der Waals surface area contributed by atoms with E-state index in [0.29, 0.717) is 30.5 Å². The van der Waals surface area contributed by atoms with Crippen molar-refractivity contribution in [1.29, 1.82) is 0 Å². The van der Waals surface area contributed by atoms with Crippen molar-refractivity contribution in [2.24, 2.45) is 4.99 Å². The molecule has 166 valence electrons. The Hall–Kier alpha value is -1.63. The largest absolute Gasteiger partial charge is 0.497 e. The molecular weight excluding hydrogens is 541 g/mol. The van der Waals surface area contributed by atoms with E-state index in [4.69, 9.17) is 16.3 Å². The van der Waals surface area contributed by atoms with E-state index in [0.717, 1.165) is 11.3 Å². The summed E-state index contributed by atoms with van der Waals surface area (Å²) < 4.78 is 32.0. The number of methoxy groups -OCH3 is 1. The molecule has 0 saturated heterocycles. The van der Waals surface area contributed by atoms with Crippen molar-refractivity contribution in [1.82, 2.24) is 20.3 Å². The molecular formula is C19H27ClIN5O3S. The molecule has 3 N–H and O–H groups in total. The Morgan fingerprint density at radius 2 is 2.03 bits per heavy atom. The van der Waals surface area contributed by atoms with Gasteiger partial charge in [-0.3, -0.25) is 9.98 Å². The summed E-state index contributed by atoms with van der Waals surface area (Å²) in [5.74, 6) is 1.33. The van der Waals surface area contributed by atoms with Gasteiger partial charge in [-0.25, -0.2) is 13.1 Å². The monoisotopic (exact) mass is 567 g/mol. The molecule has 8 nitrogen and oxygen atoms in total. The van der Waals surface area contributed by atoms with E-state index in [-0.39, 0.29) is 42.0 Å². The van der Waals surface area contributed by atoms with Crippen LogP contribution in [-0.2, 0) is 16.4 Å². The predicted molar refractivity (Wildman–Crippen MR) is 131 cm³/mol. The van der Waals surface area contributed by atoms with Crippen molar-refractivity contribution in [2.45, 2.75) is 18.2 Å². The molecule has 0 aliphatic heterocycles. The summed E-state index contributed by atoms with van der Waals surface area (Å²) >= 11 is 6.26. The molecule has 1 aromatic carbocycles. The van der Waals surface area contributed by atoms with Crippen LogP contribution in [0.1, 0.15) is 12.5 Å². The fraction of sp³-hybridized carbons (Fsp3) is 0.368. The maximum atomic E-state index is 12.2. The molecule has 11 heteroatoms. The van der Waals surface area contributed by atoms with Crippen LogP contribution in [0, 0.1) is 0 Å². The highest BCUT2D eigenvalue weighted by atomic mass is 127. The number of sulfonamides is 1. The summed E-state index contributed by atoms with van der Waals surface area (Å²) in [4.78, 5) is 8.34. The number of benzene rings is 1. The van der Waals surface area contributed by atoms with Gasteiger partial charge in [0.15, 0.2) is 5.96 Å². The highest BCUT2D eigenvalue weighted by Gasteiger charge is 2.12. The highest BCUT2D eigenvalue weighted by molar-refractivity contribution is 14.0. The number of hydrogen-bond acceptors (Lipinski definition) is 5. The molecule has 30 heavy (non-hydrogen) atoms. The van der Waals surface area contributed by atoms with Gasteiger partial charge in [0.2, 0.25) is 10.0 Å². The summed E-state index contributed by atoms with van der Waals surface area (Å²) in [5.41, 5.74) is 1.00. The number of halogens is 2. The second kappa shape index (κ2) is 13.6. The minimum absolute atomic E-state index is 0. The molecule has 0 atom stereocenters. The standard InChI is InChI=1S/C19H26ClN5O3S.HI/c1-3-22-19(23-10-8-15-6-7-16(28-2)13-18(15)20)24-11-12-25-29(26,27)17-5-4-9-21-14-17;/h4-7,9,13-14,25H,3,8,10-12H2,1-2H3,(H2,22,23,24);1H. The third-order valence-electron chi connectivity index (χ3n) is 3.91. The molecule has 0 aliphatic carbocycles. The van der Waals surface area contributed by atoms with Gasteiger partial charge in [0.1, 0.15) is 10.6 Å². The van der Waals surface area contributed by atoms with Crippen LogP contribution in [0.4, 0.5) is 0 Å². The predicted octanol–water partition coefficient (Wildman–Crippen LogP) is 2.44. The summed E-state index contributed by atoms with van der Waals surface area (Å²) in [6.07, 6.45) is 3.54. The first-order chi connectivity index (χ1) is 14.0. The van der Waals surface area contributed by atoms with E-state index < -0.39 is 10.0 Å². The highest BCUT2D eigenvalue weighted by Crippen LogP contribution is 2.22. The third kappa shape index (κ3) is 8.62. The fourth-order valence-corrected chi connectivity index (χ4v) is 3.70. The van der Waals surface area contributed by atoms with Crippen molar-refractivity contribution < 1.29 is 13.2 Å². The maximum Gasteiger partial charge on any atom is 0.242 e. The molecule has 0 bridgehead atoms. The minimum Gasteiger partial charge on any atom is -0.497 e. The van der Waals surface area contributed by atoms with E-state index in [1.165, 1.54) is 18.5 Å². The number of rotatable bonds is 10. The van der Waals surface area contributed by atoms with Gasteiger partial charge in [-0.1, -0.05) is 17.7 Å². The van der Waals surface area contributed by atoms with Crippen LogP contribution < -0.4 is 20.1 Å². The normalized spacial score (nSPS) is 11.5. The second-order valence-electron chi connectivity index (χ2n) is 5.98. The van der Waals surface area contributed by atoms with Crippen molar-refractivity contribution in [3.63, 3.8) is 0 Å². The molecule has 0 spiro atoms. The lowest BCUT2D eigenvalue weighted by atomic mass is 10.1. The van der Waals surface area contributed by atoms with Crippen LogP contribution >= 0.6 is 35.6 Å². The Bertz CT molecular complexity index is 914. The first-order valence-corrected chi connectivity index (χ1v) is 11.1. The average molecular weight is 568 g/mol. The quantitative estimate of drug-likeness (QED) is 0.176. The number of nitrogens with zero attached hydrogens (tertiary/aromatic N) is 2. The van der Waals surface area contributed by atoms with Gasteiger partial charge in [0, 0.05) is 37.1 Å². The molecule has 0 unspecified atom stereocenters. The van der Waals surface area contributed by atoms with Gasteiger partial charge < -0.3 is 15.4 Å². The van der Waals surface area contributed by atoms with Crippen molar-refractivity contribution in [3.8, 4) is 5.75 Å². The van der Waals surface area contributed by atoms with Gasteiger partial charge in [0.25, 0.3) is 0 Å². The van der Waals surface area contributed by atoms with Gasteiger partial charge in [-0.15, -0.1) is 24.0 Å². The third-order valence-corrected chi connectivity index (χ3v) is 5.71. The SMILES string of the molecule is CCNC(=NCCNS(=O)(=O)c1cccnc1)NCCc1ccc(OC)cc1Cl.I. The topological polar surface area (TPSA) is 105 Å². The van der Waals surface area contributed by atoms with E-state index in [2.05, 4.69) is 25.3 Å². The maximum absolute atomic E-state index is 12.2. The first kappa shape index (κ1) is 26.4. The Morgan fingerprint density at radius 1 is 1.23 bits per heavy atom. The summed E-state index contributed by atoms with van der Waals surface area (Å²) in [6.45, 7) is 3.74. The van der Waals surface area contributed by atoms with E-state index in [1.54, 1.807) is 19.2 Å². The smallest absolute Gasteiger partial charge is 0.242 e. The Balaban J connectivity index is 0.00000450. The second-order valence-corrected chi connectivity index (χ2v) is 8.16. The number of aliphatic imine (C=N–C) groups is 1. The zero-order valence-electron chi connectivity index (χ0n) is 16.9. The lowest BCUT2D eigenvalue weighted by Crippen LogP contribution is -2.39. The van der Waals surface area contributed by atoms with Crippen LogP contribution in [0.2, 0.25) is 5.02 Å². The lowest BCUT2D eigenvalue weighted by Gasteiger charge is -2.12. The van der Waals surface area contributed by atoms with Gasteiger partial charge >= 0.3 is 0 Å². The van der Waals surface area contributed by atoms with Gasteiger partial charge in [0.05, 0.1) is 13.7 Å². The van der Waals surface area contributed by atoms with E-state index in [1.807, 2.05) is 19.1 Å². The Labute approximate surface area is 199 Å². The molecule has 0 aliphatic rings. The summed E-state index contributed by atoms with van der Waals surface area (Å²) in [6, 6.07) is 8.66. The molecule has 0 saturated carbocycles. The van der Waals surface area contributed by atoms with E-state index in [9.17, 15) is 8.42 Å². The number of hydrogen-bond donors (Lipinski definition) is 3. The zero-order valence-corrected chi connectivity index (χ0v) is 20.8. The molecule has 2 rings (SSSR count). The van der Waals surface area contributed by atoms with Crippen molar-refractivity contribution >= 4 is 51.6 Å². The fourth-order valence-electron chi connectivity index (χ4n) is 2.45. The van der Waals surface area contributed by atoms with Crippen LogP contribution in [0.15, 0.2) is 52.6 Å². The Morgan fingerprint density at radius 3 is 2.67 bits per heavy atom. The number of guanidine groups is 1. The summed E-state index contributed by atoms with van der Waals surface area (Å²) in [7, 11) is -1.98. The number of pyridine rings is 1. The molecule has 1 aromatic heterocycles. The van der Waals surface area contributed by atoms with Crippen LogP contribution in [0.3, 0.4) is 0 Å². The van der Waals surface area contributed by atoms with Crippen LogP contribution in [0.25, 0.3) is 0 Å². The first-order valence-electron chi connectivity index (χ1n) is 9.20. The molecule has 0 amide bonds. The van der Waals surface area contributed by atoms with Crippen LogP contribution in [-0.4, -0.2) is 52.7 Å². The molecule has 0 fully saturated rings. The molecule has 2 aromatic rings. The number of nitrogens with one attached hydrogen (secondary N) is 3. The Kier molecular flexibility index (Phi) is 12.0. The lowest BCUT2D eigenvalue weighted by molar-refractivity contribution is 0.414. The summed E-state index contributed by atoms with van der Waals surface area (Å²) in [5, 5.41) is 7.00. The number of aromatic nitrogens is 1. The van der Waals surface area contributed by atoms with Crippen molar-refractivity contribution in [3.05, 3.63) is 53.3 Å². The van der Waals surface area contributed by atoms with Gasteiger partial charge in [-0.05, 0) is 43.2 Å². The van der Waals surface area contributed by atoms with Gasteiger partial charge in [-0.2, -0.15) is 0 Å². The van der Waals surface area contributed by atoms with E-state index >= 15 is 0 Å². The molecule has 0 radical (unpaired) electrons.